The fourth-order valence-corrected chi connectivity index (χ4v) is 2.98. The van der Waals surface area contributed by atoms with E-state index in [9.17, 15) is 9.59 Å². The fraction of sp³-hybridized carbons (Fsp3) is 0.769. The molecule has 0 aromatic rings. The van der Waals surface area contributed by atoms with Crippen LogP contribution in [0.3, 0.4) is 0 Å². The number of nitrogens with zero attached hydrogens (tertiary/aromatic N) is 2. The lowest BCUT2D eigenvalue weighted by Gasteiger charge is -2.33. The molecule has 1 saturated heterocycles. The zero-order valence-electron chi connectivity index (χ0n) is 12.2. The Hall–Kier alpha value is -1.26. The summed E-state index contributed by atoms with van der Waals surface area (Å²) >= 11 is 1.42. The number of hydrogen-bond donors (Lipinski definition) is 2. The van der Waals surface area contributed by atoms with E-state index >= 15 is 0 Å². The number of nitrogens with two attached hydrogens (primary N) is 1. The van der Waals surface area contributed by atoms with Crippen LogP contribution in [0.2, 0.25) is 0 Å². The molecule has 0 aliphatic carbocycles. The second kappa shape index (κ2) is 6.95. The second-order valence-electron chi connectivity index (χ2n) is 5.42. The van der Waals surface area contributed by atoms with Crippen LogP contribution >= 0.6 is 11.8 Å². The molecule has 0 saturated carbocycles. The van der Waals surface area contributed by atoms with Crippen LogP contribution in [0.1, 0.15) is 33.6 Å². The highest BCUT2D eigenvalue weighted by Crippen LogP contribution is 2.29. The molecule has 1 fully saturated rings. The van der Waals surface area contributed by atoms with Crippen molar-refractivity contribution >= 4 is 23.6 Å². The predicted molar refractivity (Wildman–Crippen MR) is 78.7 cm³/mol. The van der Waals surface area contributed by atoms with Crippen molar-refractivity contribution in [3.8, 4) is 6.07 Å². The summed E-state index contributed by atoms with van der Waals surface area (Å²) < 4.78 is -0.512. The first-order valence-corrected chi connectivity index (χ1v) is 7.62. The third-order valence-corrected chi connectivity index (χ3v) is 4.75. The van der Waals surface area contributed by atoms with E-state index in [0.717, 1.165) is 6.42 Å². The van der Waals surface area contributed by atoms with E-state index < -0.39 is 10.8 Å². The highest BCUT2D eigenvalue weighted by atomic mass is 32.2. The SMILES string of the molecule is CC(=O)NCSC(C)(C)[C@H](N)C(=O)N1CCC[C@H]1C#N. The Bertz CT molecular complexity index is 419. The van der Waals surface area contributed by atoms with Crippen LogP contribution in [0.4, 0.5) is 0 Å². The highest BCUT2D eigenvalue weighted by molar-refractivity contribution is 8.00. The van der Waals surface area contributed by atoms with E-state index in [2.05, 4.69) is 11.4 Å². The number of nitriles is 1. The molecule has 6 nitrogen and oxygen atoms in total. The summed E-state index contributed by atoms with van der Waals surface area (Å²) in [6.07, 6.45) is 1.56. The molecule has 0 aromatic carbocycles. The number of nitrogens with one attached hydrogen (secondary N) is 1. The summed E-state index contributed by atoms with van der Waals surface area (Å²) in [5.74, 6) is 0.108. The Morgan fingerprint density at radius 1 is 1.60 bits per heavy atom. The molecule has 2 amide bonds. The highest BCUT2D eigenvalue weighted by Gasteiger charge is 2.39. The van der Waals surface area contributed by atoms with Gasteiger partial charge < -0.3 is 16.0 Å². The molecule has 1 heterocycles. The van der Waals surface area contributed by atoms with Crippen molar-refractivity contribution < 1.29 is 9.59 Å². The average Bonchev–Trinajstić information content (AvgIpc) is 2.84. The number of thioether (sulfide) groups is 1. The minimum Gasteiger partial charge on any atom is -0.347 e. The van der Waals surface area contributed by atoms with Crippen molar-refractivity contribution in [1.82, 2.24) is 10.2 Å². The van der Waals surface area contributed by atoms with E-state index in [0.29, 0.717) is 18.8 Å². The summed E-state index contributed by atoms with van der Waals surface area (Å²) in [5, 5.41) is 11.7. The number of amides is 2. The molecule has 0 bridgehead atoms. The van der Waals surface area contributed by atoms with Crippen molar-refractivity contribution in [1.29, 1.82) is 5.26 Å². The number of carbonyl (C=O) groups is 2. The fourth-order valence-electron chi connectivity index (χ4n) is 2.05. The molecule has 112 valence electrons. The van der Waals surface area contributed by atoms with Crippen LogP contribution in [0.25, 0.3) is 0 Å². The van der Waals surface area contributed by atoms with Crippen molar-refractivity contribution in [3.05, 3.63) is 0 Å². The van der Waals surface area contributed by atoms with E-state index in [-0.39, 0.29) is 17.9 Å². The normalized spacial score (nSPS) is 20.4. The summed E-state index contributed by atoms with van der Waals surface area (Å²) in [6, 6.07) is 1.09. The summed E-state index contributed by atoms with van der Waals surface area (Å²) in [5.41, 5.74) is 6.07. The standard InChI is InChI=1S/C13H22N4O2S/c1-9(18)16-8-20-13(2,3)11(15)12(19)17-6-4-5-10(17)7-14/h10-11H,4-6,8,15H2,1-3H3,(H,16,18)/t10-,11+/m0/s1. The maximum absolute atomic E-state index is 12.4. The summed E-state index contributed by atoms with van der Waals surface area (Å²) in [6.45, 7) is 5.79. The minimum absolute atomic E-state index is 0.114. The molecule has 1 aliphatic rings. The van der Waals surface area contributed by atoms with Gasteiger partial charge in [-0.2, -0.15) is 5.26 Å². The van der Waals surface area contributed by atoms with Gasteiger partial charge in [-0.15, -0.1) is 11.8 Å². The Labute approximate surface area is 124 Å². The Balaban J connectivity index is 2.62. The second-order valence-corrected chi connectivity index (χ2v) is 7.05. The van der Waals surface area contributed by atoms with Gasteiger partial charge in [-0.25, -0.2) is 0 Å². The molecule has 0 unspecified atom stereocenters. The van der Waals surface area contributed by atoms with Crippen molar-refractivity contribution in [2.75, 3.05) is 12.4 Å². The zero-order valence-corrected chi connectivity index (χ0v) is 13.0. The average molecular weight is 298 g/mol. The summed E-state index contributed by atoms with van der Waals surface area (Å²) in [7, 11) is 0. The molecule has 3 N–H and O–H groups in total. The van der Waals surface area contributed by atoms with Gasteiger partial charge in [-0.3, -0.25) is 9.59 Å². The quantitative estimate of drug-likeness (QED) is 0.717. The Morgan fingerprint density at radius 3 is 2.80 bits per heavy atom. The molecule has 0 aromatic heterocycles. The Kier molecular flexibility index (Phi) is 5.84. The molecule has 2 atom stereocenters. The van der Waals surface area contributed by atoms with Gasteiger partial charge >= 0.3 is 0 Å². The smallest absolute Gasteiger partial charge is 0.241 e. The van der Waals surface area contributed by atoms with Gasteiger partial charge in [0.25, 0.3) is 0 Å². The van der Waals surface area contributed by atoms with Crippen LogP contribution in [0.5, 0.6) is 0 Å². The number of rotatable bonds is 5. The van der Waals surface area contributed by atoms with Gasteiger partial charge in [0.2, 0.25) is 11.8 Å². The monoisotopic (exact) mass is 298 g/mol. The van der Waals surface area contributed by atoms with Crippen molar-refractivity contribution in [2.24, 2.45) is 5.73 Å². The minimum atomic E-state index is -0.699. The molecule has 0 spiro atoms. The van der Waals surface area contributed by atoms with Crippen LogP contribution in [-0.4, -0.2) is 46.0 Å². The van der Waals surface area contributed by atoms with E-state index in [1.165, 1.54) is 18.7 Å². The molecule has 1 aliphatic heterocycles. The van der Waals surface area contributed by atoms with Crippen molar-refractivity contribution in [3.63, 3.8) is 0 Å². The molecular formula is C13H22N4O2S. The first-order valence-electron chi connectivity index (χ1n) is 6.63. The zero-order chi connectivity index (χ0) is 15.3. The Morgan fingerprint density at radius 2 is 2.25 bits per heavy atom. The summed E-state index contributed by atoms with van der Waals surface area (Å²) in [4.78, 5) is 24.8. The van der Waals surface area contributed by atoms with Crippen LogP contribution < -0.4 is 11.1 Å². The lowest BCUT2D eigenvalue weighted by molar-refractivity contribution is -0.133. The van der Waals surface area contributed by atoms with Gasteiger partial charge in [0.15, 0.2) is 0 Å². The third-order valence-electron chi connectivity index (χ3n) is 3.47. The topological polar surface area (TPSA) is 99.2 Å². The predicted octanol–water partition coefficient (Wildman–Crippen LogP) is 0.434. The van der Waals surface area contributed by atoms with E-state index in [4.69, 9.17) is 11.0 Å². The number of likely N-dealkylation sites (tertiary alicyclic amines) is 1. The third kappa shape index (κ3) is 4.12. The van der Waals surface area contributed by atoms with Gasteiger partial charge in [0, 0.05) is 18.2 Å². The van der Waals surface area contributed by atoms with Crippen LogP contribution in [0.15, 0.2) is 0 Å². The van der Waals surface area contributed by atoms with Gasteiger partial charge in [0.05, 0.1) is 18.0 Å². The maximum atomic E-state index is 12.4. The van der Waals surface area contributed by atoms with Gasteiger partial charge in [-0.05, 0) is 26.7 Å². The van der Waals surface area contributed by atoms with E-state index in [1.807, 2.05) is 13.8 Å². The van der Waals surface area contributed by atoms with Crippen LogP contribution in [-0.2, 0) is 9.59 Å². The lowest BCUT2D eigenvalue weighted by Crippen LogP contribution is -2.54. The number of carbonyl (C=O) groups excluding carboxylic acids is 2. The maximum Gasteiger partial charge on any atom is 0.241 e. The van der Waals surface area contributed by atoms with Gasteiger partial charge in [0.1, 0.15) is 6.04 Å². The van der Waals surface area contributed by atoms with E-state index in [1.54, 1.807) is 4.90 Å². The lowest BCUT2D eigenvalue weighted by atomic mass is 10.0. The number of hydrogen-bond acceptors (Lipinski definition) is 5. The molecule has 0 radical (unpaired) electrons. The van der Waals surface area contributed by atoms with Crippen LogP contribution in [0, 0.1) is 11.3 Å². The molecule has 1 rings (SSSR count). The largest absolute Gasteiger partial charge is 0.347 e. The molecule has 7 heteroatoms. The van der Waals surface area contributed by atoms with Crippen molar-refractivity contribution in [2.45, 2.75) is 50.4 Å². The molecular weight excluding hydrogens is 276 g/mol. The first kappa shape index (κ1) is 16.8. The molecule has 20 heavy (non-hydrogen) atoms. The first-order chi connectivity index (χ1) is 9.29. The van der Waals surface area contributed by atoms with Gasteiger partial charge in [-0.1, -0.05) is 0 Å².